The predicted molar refractivity (Wildman–Crippen MR) is 54.9 cm³/mol. The van der Waals surface area contributed by atoms with Crippen LogP contribution in [0.5, 0.6) is 0 Å². The van der Waals surface area contributed by atoms with E-state index in [1.165, 1.54) is 4.90 Å². The number of aliphatic hydroxyl groups excluding tert-OH is 1. The Balaban J connectivity index is 2.95. The maximum absolute atomic E-state index is 12.3. The van der Waals surface area contributed by atoms with Crippen LogP contribution in [0.25, 0.3) is 0 Å². The molecule has 7 heteroatoms. The molecule has 1 heterocycles. The van der Waals surface area contributed by atoms with E-state index < -0.39 is 18.5 Å². The summed E-state index contributed by atoms with van der Waals surface area (Å²) in [5.41, 5.74) is -0.403. The molecule has 1 rings (SSSR count). The Morgan fingerprint density at radius 1 is 1.62 bits per heavy atom. The highest BCUT2D eigenvalue weighted by molar-refractivity contribution is 5.37. The molecule has 2 N–H and O–H groups in total. The number of aliphatic hydroxyl groups is 1. The molecule has 1 aromatic heterocycles. The van der Waals surface area contributed by atoms with Gasteiger partial charge in [-0.15, -0.1) is 0 Å². The van der Waals surface area contributed by atoms with E-state index >= 15 is 0 Å². The number of alkyl halides is 2. The Morgan fingerprint density at radius 2 is 2.31 bits per heavy atom. The van der Waals surface area contributed by atoms with Gasteiger partial charge in [-0.1, -0.05) is 0 Å². The van der Waals surface area contributed by atoms with E-state index in [2.05, 4.69) is 9.97 Å². The first-order valence-corrected chi connectivity index (χ1v) is 4.75. The summed E-state index contributed by atoms with van der Waals surface area (Å²) in [6.07, 6.45) is -2.55. The molecule has 0 spiro atoms. The zero-order valence-corrected chi connectivity index (χ0v) is 8.78. The Bertz CT molecular complexity index is 395. The number of hydrogen-bond donors (Lipinski definition) is 2. The Labute approximate surface area is 90.7 Å². The van der Waals surface area contributed by atoms with Gasteiger partial charge in [0.2, 0.25) is 0 Å². The van der Waals surface area contributed by atoms with E-state index in [1.807, 2.05) is 0 Å². The van der Waals surface area contributed by atoms with Gasteiger partial charge >= 0.3 is 0 Å². The zero-order valence-electron chi connectivity index (χ0n) is 8.78. The van der Waals surface area contributed by atoms with Crippen molar-refractivity contribution in [2.24, 2.45) is 0 Å². The number of halogens is 2. The zero-order chi connectivity index (χ0) is 12.1. The van der Waals surface area contributed by atoms with Crippen LogP contribution in [0.3, 0.4) is 0 Å². The molecule has 0 aliphatic heterocycles. The number of aryl methyl sites for hydroxylation is 1. The maximum Gasteiger partial charge on any atom is 0.255 e. The summed E-state index contributed by atoms with van der Waals surface area (Å²) in [5.74, 6) is 0.496. The fraction of sp³-hybridized carbons (Fsp3) is 0.556. The van der Waals surface area contributed by atoms with Crippen molar-refractivity contribution >= 4 is 5.82 Å². The summed E-state index contributed by atoms with van der Waals surface area (Å²) in [6, 6.07) is 1.13. The van der Waals surface area contributed by atoms with Crippen LogP contribution >= 0.6 is 0 Å². The number of H-pyrrole nitrogens is 1. The first kappa shape index (κ1) is 12.6. The van der Waals surface area contributed by atoms with Crippen LogP contribution in [0.4, 0.5) is 14.6 Å². The molecule has 0 radical (unpaired) electrons. The molecular weight excluding hydrogens is 220 g/mol. The molecule has 0 aromatic carbocycles. The lowest BCUT2D eigenvalue weighted by molar-refractivity contribution is 0.152. The highest BCUT2D eigenvalue weighted by atomic mass is 19.3. The highest BCUT2D eigenvalue weighted by Crippen LogP contribution is 2.09. The van der Waals surface area contributed by atoms with E-state index in [4.69, 9.17) is 5.11 Å². The standard InChI is InChI=1S/C9H13F2N3O2/c1-6-12-8(4-9(16)13-6)14(2-3-15)5-7(10)11/h4,7,15H,2-3,5H2,1H3,(H,12,13,16). The number of nitrogens with zero attached hydrogens (tertiary/aromatic N) is 2. The number of aromatic amines is 1. The molecule has 1 aromatic rings. The number of nitrogens with one attached hydrogen (secondary N) is 1. The lowest BCUT2D eigenvalue weighted by Crippen LogP contribution is -2.33. The topological polar surface area (TPSA) is 69.2 Å². The van der Waals surface area contributed by atoms with Gasteiger partial charge in [-0.25, -0.2) is 13.8 Å². The molecule has 0 amide bonds. The van der Waals surface area contributed by atoms with Gasteiger partial charge < -0.3 is 15.0 Å². The van der Waals surface area contributed by atoms with Gasteiger partial charge in [0, 0.05) is 12.6 Å². The molecule has 90 valence electrons. The Hall–Kier alpha value is -1.50. The fourth-order valence-electron chi connectivity index (χ4n) is 1.31. The molecule has 0 atom stereocenters. The first-order valence-electron chi connectivity index (χ1n) is 4.75. The second kappa shape index (κ2) is 5.55. The lowest BCUT2D eigenvalue weighted by Gasteiger charge is -2.22. The van der Waals surface area contributed by atoms with Gasteiger partial charge in [0.25, 0.3) is 12.0 Å². The second-order valence-electron chi connectivity index (χ2n) is 3.25. The normalized spacial score (nSPS) is 10.8. The average molecular weight is 233 g/mol. The van der Waals surface area contributed by atoms with Crippen molar-refractivity contribution in [2.75, 3.05) is 24.6 Å². The number of anilines is 1. The third-order valence-corrected chi connectivity index (χ3v) is 1.90. The molecule has 0 bridgehead atoms. The monoisotopic (exact) mass is 233 g/mol. The molecule has 0 unspecified atom stereocenters. The van der Waals surface area contributed by atoms with Crippen molar-refractivity contribution in [3.63, 3.8) is 0 Å². The fourth-order valence-corrected chi connectivity index (χ4v) is 1.31. The molecule has 0 saturated carbocycles. The van der Waals surface area contributed by atoms with Crippen LogP contribution in [0.1, 0.15) is 5.82 Å². The SMILES string of the molecule is Cc1nc(N(CCO)CC(F)F)cc(=O)[nH]1. The van der Waals surface area contributed by atoms with Crippen molar-refractivity contribution in [1.29, 1.82) is 0 Å². The minimum atomic E-state index is -2.55. The van der Waals surface area contributed by atoms with Gasteiger partial charge in [-0.05, 0) is 6.92 Å². The van der Waals surface area contributed by atoms with E-state index in [-0.39, 0.29) is 19.0 Å². The minimum Gasteiger partial charge on any atom is -0.395 e. The van der Waals surface area contributed by atoms with Crippen LogP contribution < -0.4 is 10.5 Å². The van der Waals surface area contributed by atoms with Gasteiger partial charge in [0.15, 0.2) is 0 Å². The quantitative estimate of drug-likeness (QED) is 0.759. The second-order valence-corrected chi connectivity index (χ2v) is 3.25. The van der Waals surface area contributed by atoms with E-state index in [9.17, 15) is 13.6 Å². The lowest BCUT2D eigenvalue weighted by atomic mass is 10.4. The van der Waals surface area contributed by atoms with E-state index in [1.54, 1.807) is 6.92 Å². The van der Waals surface area contributed by atoms with Crippen LogP contribution in [0, 0.1) is 6.92 Å². The molecule has 0 fully saturated rings. The van der Waals surface area contributed by atoms with E-state index in [0.717, 1.165) is 6.07 Å². The highest BCUT2D eigenvalue weighted by Gasteiger charge is 2.14. The van der Waals surface area contributed by atoms with Crippen molar-refractivity contribution in [3.05, 3.63) is 22.2 Å². The van der Waals surface area contributed by atoms with Gasteiger partial charge in [-0.3, -0.25) is 4.79 Å². The third-order valence-electron chi connectivity index (χ3n) is 1.90. The third kappa shape index (κ3) is 3.58. The summed E-state index contributed by atoms with van der Waals surface area (Å²) in [4.78, 5) is 18.7. The molecular formula is C9H13F2N3O2. The van der Waals surface area contributed by atoms with Gasteiger partial charge in [-0.2, -0.15) is 0 Å². The van der Waals surface area contributed by atoms with Crippen molar-refractivity contribution < 1.29 is 13.9 Å². The summed E-state index contributed by atoms with van der Waals surface area (Å²) in [5, 5.41) is 8.75. The Kier molecular flexibility index (Phi) is 4.36. The van der Waals surface area contributed by atoms with E-state index in [0.29, 0.717) is 5.82 Å². The molecule has 16 heavy (non-hydrogen) atoms. The molecule has 5 nitrogen and oxygen atoms in total. The Morgan fingerprint density at radius 3 is 2.81 bits per heavy atom. The maximum atomic E-state index is 12.3. The van der Waals surface area contributed by atoms with Crippen molar-refractivity contribution in [3.8, 4) is 0 Å². The smallest absolute Gasteiger partial charge is 0.255 e. The number of hydrogen-bond acceptors (Lipinski definition) is 4. The van der Waals surface area contributed by atoms with Crippen molar-refractivity contribution in [2.45, 2.75) is 13.3 Å². The van der Waals surface area contributed by atoms with Crippen molar-refractivity contribution in [1.82, 2.24) is 9.97 Å². The predicted octanol–water partition coefficient (Wildman–Crippen LogP) is 0.142. The molecule has 0 aliphatic carbocycles. The summed E-state index contributed by atoms with van der Waals surface area (Å²) in [7, 11) is 0. The molecule has 0 saturated heterocycles. The number of rotatable bonds is 5. The van der Waals surface area contributed by atoms with Gasteiger partial charge in [0.1, 0.15) is 11.6 Å². The van der Waals surface area contributed by atoms with Crippen LogP contribution in [-0.2, 0) is 0 Å². The van der Waals surface area contributed by atoms with Gasteiger partial charge in [0.05, 0.1) is 13.2 Å². The summed E-state index contributed by atoms with van der Waals surface area (Å²) in [6.45, 7) is 0.737. The van der Waals surface area contributed by atoms with Crippen LogP contribution in [0.2, 0.25) is 0 Å². The number of aromatic nitrogens is 2. The summed E-state index contributed by atoms with van der Waals surface area (Å²) >= 11 is 0. The van der Waals surface area contributed by atoms with Crippen LogP contribution in [0.15, 0.2) is 10.9 Å². The largest absolute Gasteiger partial charge is 0.395 e. The summed E-state index contributed by atoms with van der Waals surface area (Å²) < 4.78 is 24.5. The minimum absolute atomic E-state index is 0.0141. The first-order chi connectivity index (χ1) is 7.52. The average Bonchev–Trinajstić information content (AvgIpc) is 2.14. The molecule has 0 aliphatic rings. The van der Waals surface area contributed by atoms with Crippen LogP contribution in [-0.4, -0.2) is 41.2 Å².